The molecule has 0 spiro atoms. The van der Waals surface area contributed by atoms with Crippen LogP contribution in [-0.4, -0.2) is 23.9 Å². The van der Waals surface area contributed by atoms with Crippen molar-refractivity contribution in [2.75, 3.05) is 9.91 Å². The van der Waals surface area contributed by atoms with Crippen LogP contribution in [-0.2, 0) is 9.59 Å². The molecule has 2 aliphatic heterocycles. The maximum atomic E-state index is 13.1. The number of aryl methyl sites for hydroxylation is 2. The fraction of sp³-hybridized carbons (Fsp3) is 0.222. The minimum absolute atomic E-state index is 0.380. The van der Waals surface area contributed by atoms with Crippen molar-refractivity contribution in [3.63, 3.8) is 0 Å². The van der Waals surface area contributed by atoms with Crippen molar-refractivity contribution in [3.8, 4) is 0 Å². The molecule has 2 amide bonds. The van der Waals surface area contributed by atoms with E-state index in [0.29, 0.717) is 11.4 Å². The highest BCUT2D eigenvalue weighted by Gasteiger charge is 2.55. The molecule has 1 saturated heterocycles. The second-order valence-electron chi connectivity index (χ2n) is 6.27. The number of nitrogens with zero attached hydrogens (tertiary/aromatic N) is 4. The van der Waals surface area contributed by atoms with Gasteiger partial charge in [0, 0.05) is 0 Å². The third-order valence-electron chi connectivity index (χ3n) is 4.34. The SMILES string of the molecule is Cc1cc(C)cc(N2C(=O)[C@@H]3[C@@H](N=NN3c3ccc(F)cc3)C2=O)c1. The standard InChI is InChI=1S/C18H15FN4O2/c1-10-7-11(2)9-14(8-10)22-17(24)15-16(18(22)25)23(21-20-15)13-5-3-12(19)4-6-13/h3-9,15-16H,1-2H3/t15-,16+/m1/s1. The predicted octanol–water partition coefficient (Wildman–Crippen LogP) is 2.94. The summed E-state index contributed by atoms with van der Waals surface area (Å²) in [5.41, 5.74) is 2.98. The van der Waals surface area contributed by atoms with Gasteiger partial charge in [-0.2, -0.15) is 5.11 Å². The van der Waals surface area contributed by atoms with Crippen LogP contribution in [0.15, 0.2) is 52.8 Å². The average Bonchev–Trinajstić information content (AvgIpc) is 3.08. The Morgan fingerprint density at radius 1 is 0.920 bits per heavy atom. The number of imide groups is 1. The molecule has 0 bridgehead atoms. The van der Waals surface area contributed by atoms with Crippen LogP contribution in [0.1, 0.15) is 11.1 Å². The van der Waals surface area contributed by atoms with E-state index in [4.69, 9.17) is 0 Å². The first-order chi connectivity index (χ1) is 12.0. The monoisotopic (exact) mass is 338 g/mol. The van der Waals surface area contributed by atoms with Crippen LogP contribution in [0, 0.1) is 19.7 Å². The maximum absolute atomic E-state index is 13.1. The highest BCUT2D eigenvalue weighted by molar-refractivity contribution is 6.26. The van der Waals surface area contributed by atoms with Gasteiger partial charge in [0.2, 0.25) is 0 Å². The fourth-order valence-electron chi connectivity index (χ4n) is 3.30. The topological polar surface area (TPSA) is 65.3 Å². The minimum atomic E-state index is -0.877. The zero-order chi connectivity index (χ0) is 17.7. The number of carbonyl (C=O) groups excluding carboxylic acids is 2. The Morgan fingerprint density at radius 2 is 1.56 bits per heavy atom. The molecule has 6 nitrogen and oxygen atoms in total. The van der Waals surface area contributed by atoms with E-state index < -0.39 is 18.0 Å². The number of halogens is 1. The van der Waals surface area contributed by atoms with Crippen molar-refractivity contribution in [2.45, 2.75) is 25.9 Å². The molecule has 2 heterocycles. The molecular weight excluding hydrogens is 323 g/mol. The van der Waals surface area contributed by atoms with Crippen LogP contribution in [0.3, 0.4) is 0 Å². The van der Waals surface area contributed by atoms with E-state index in [1.54, 1.807) is 12.1 Å². The summed E-state index contributed by atoms with van der Waals surface area (Å²) in [4.78, 5) is 26.8. The first-order valence-electron chi connectivity index (χ1n) is 7.87. The Hall–Kier alpha value is -3.09. The van der Waals surface area contributed by atoms with Gasteiger partial charge >= 0.3 is 0 Å². The minimum Gasteiger partial charge on any atom is -0.271 e. The molecule has 4 rings (SSSR count). The highest BCUT2D eigenvalue weighted by Crippen LogP contribution is 2.35. The van der Waals surface area contributed by atoms with E-state index in [2.05, 4.69) is 10.3 Å². The molecule has 126 valence electrons. The number of anilines is 2. The number of hydrogen-bond acceptors (Lipinski definition) is 5. The van der Waals surface area contributed by atoms with Gasteiger partial charge in [-0.25, -0.2) is 14.3 Å². The van der Waals surface area contributed by atoms with Crippen molar-refractivity contribution < 1.29 is 14.0 Å². The summed E-state index contributed by atoms with van der Waals surface area (Å²) in [7, 11) is 0. The van der Waals surface area contributed by atoms with Crippen molar-refractivity contribution in [1.29, 1.82) is 0 Å². The van der Waals surface area contributed by atoms with Gasteiger partial charge in [-0.1, -0.05) is 11.3 Å². The lowest BCUT2D eigenvalue weighted by Crippen LogP contribution is -2.39. The van der Waals surface area contributed by atoms with Crippen LogP contribution in [0.2, 0.25) is 0 Å². The van der Waals surface area contributed by atoms with E-state index in [1.807, 2.05) is 19.9 Å². The number of amides is 2. The summed E-state index contributed by atoms with van der Waals surface area (Å²) >= 11 is 0. The molecule has 0 unspecified atom stereocenters. The largest absolute Gasteiger partial charge is 0.271 e. The lowest BCUT2D eigenvalue weighted by molar-refractivity contribution is -0.121. The van der Waals surface area contributed by atoms with Crippen LogP contribution < -0.4 is 9.91 Å². The van der Waals surface area contributed by atoms with Crippen LogP contribution in [0.5, 0.6) is 0 Å². The van der Waals surface area contributed by atoms with Crippen LogP contribution in [0.25, 0.3) is 0 Å². The molecule has 2 aliphatic rings. The second-order valence-corrected chi connectivity index (χ2v) is 6.27. The Labute approximate surface area is 143 Å². The van der Waals surface area contributed by atoms with Gasteiger partial charge in [-0.05, 0) is 61.4 Å². The Morgan fingerprint density at radius 3 is 2.20 bits per heavy atom. The Balaban J connectivity index is 1.71. The zero-order valence-electron chi connectivity index (χ0n) is 13.7. The highest BCUT2D eigenvalue weighted by atomic mass is 19.1. The normalized spacial score (nSPS) is 22.0. The zero-order valence-corrected chi connectivity index (χ0v) is 13.7. The number of benzene rings is 2. The van der Waals surface area contributed by atoms with E-state index >= 15 is 0 Å². The lowest BCUT2D eigenvalue weighted by Gasteiger charge is -2.21. The molecular formula is C18H15FN4O2. The third kappa shape index (κ3) is 2.39. The molecule has 1 fully saturated rings. The summed E-state index contributed by atoms with van der Waals surface area (Å²) < 4.78 is 13.1. The molecule has 7 heteroatoms. The summed E-state index contributed by atoms with van der Waals surface area (Å²) in [6, 6.07) is 9.42. The molecule has 25 heavy (non-hydrogen) atoms. The van der Waals surface area contributed by atoms with Gasteiger partial charge in [-0.15, -0.1) is 0 Å². The van der Waals surface area contributed by atoms with E-state index in [-0.39, 0.29) is 11.7 Å². The fourth-order valence-corrected chi connectivity index (χ4v) is 3.30. The molecule has 0 saturated carbocycles. The van der Waals surface area contributed by atoms with E-state index in [9.17, 15) is 14.0 Å². The van der Waals surface area contributed by atoms with Crippen LogP contribution in [0.4, 0.5) is 15.8 Å². The second kappa shape index (κ2) is 5.47. The molecule has 2 aromatic carbocycles. The van der Waals surface area contributed by atoms with Gasteiger partial charge in [-0.3, -0.25) is 9.59 Å². The molecule has 0 aliphatic carbocycles. The molecule has 2 aromatic rings. The maximum Gasteiger partial charge on any atom is 0.263 e. The summed E-state index contributed by atoms with van der Waals surface area (Å²) in [6.07, 6.45) is 0. The van der Waals surface area contributed by atoms with Gasteiger partial charge < -0.3 is 0 Å². The predicted molar refractivity (Wildman–Crippen MR) is 89.7 cm³/mol. The van der Waals surface area contributed by atoms with E-state index in [0.717, 1.165) is 11.1 Å². The number of fused-ring (bicyclic) bond motifs is 1. The van der Waals surface area contributed by atoms with Gasteiger partial charge in [0.1, 0.15) is 5.82 Å². The Bertz CT molecular complexity index is 890. The number of rotatable bonds is 2. The van der Waals surface area contributed by atoms with Crippen LogP contribution >= 0.6 is 0 Å². The summed E-state index contributed by atoms with van der Waals surface area (Å²) in [5.74, 6) is -1.16. The van der Waals surface area contributed by atoms with Gasteiger partial charge in [0.15, 0.2) is 12.1 Å². The van der Waals surface area contributed by atoms with Crippen molar-refractivity contribution in [3.05, 3.63) is 59.4 Å². The third-order valence-corrected chi connectivity index (χ3v) is 4.34. The first-order valence-corrected chi connectivity index (χ1v) is 7.87. The van der Waals surface area contributed by atoms with Crippen molar-refractivity contribution >= 4 is 23.2 Å². The summed E-state index contributed by atoms with van der Waals surface area (Å²) in [5, 5.41) is 9.31. The van der Waals surface area contributed by atoms with Crippen molar-refractivity contribution in [2.24, 2.45) is 10.3 Å². The molecule has 2 atom stereocenters. The average molecular weight is 338 g/mol. The Kier molecular flexibility index (Phi) is 3.38. The van der Waals surface area contributed by atoms with Crippen molar-refractivity contribution in [1.82, 2.24) is 0 Å². The van der Waals surface area contributed by atoms with Gasteiger partial charge in [0.05, 0.1) is 11.4 Å². The quantitative estimate of drug-likeness (QED) is 0.791. The lowest BCUT2D eigenvalue weighted by atomic mass is 10.1. The number of carbonyl (C=O) groups is 2. The summed E-state index contributed by atoms with van der Waals surface area (Å²) in [6.45, 7) is 3.82. The molecule has 0 aromatic heterocycles. The first kappa shape index (κ1) is 15.4. The van der Waals surface area contributed by atoms with Gasteiger partial charge in [0.25, 0.3) is 11.8 Å². The smallest absolute Gasteiger partial charge is 0.263 e. The van der Waals surface area contributed by atoms with E-state index in [1.165, 1.54) is 34.2 Å². The number of hydrogen-bond donors (Lipinski definition) is 0. The molecule has 0 radical (unpaired) electrons. The molecule has 0 N–H and O–H groups in total.